The number of fused-ring (bicyclic) bond motifs is 4. The van der Waals surface area contributed by atoms with E-state index in [9.17, 15) is 14.7 Å². The molecule has 1 saturated carbocycles. The first-order valence-corrected chi connectivity index (χ1v) is 21.0. The number of aromatic hydroxyl groups is 1. The molecule has 5 aromatic carbocycles. The lowest BCUT2D eigenvalue weighted by Crippen LogP contribution is -2.53. The van der Waals surface area contributed by atoms with Gasteiger partial charge < -0.3 is 19.5 Å². The molecule has 2 aliphatic carbocycles. The number of morpholine rings is 1. The summed E-state index contributed by atoms with van der Waals surface area (Å²) in [5.41, 5.74) is 7.48. The Morgan fingerprint density at radius 2 is 1.46 bits per heavy atom. The second kappa shape index (κ2) is 15.4. The van der Waals surface area contributed by atoms with Gasteiger partial charge in [0.15, 0.2) is 0 Å². The van der Waals surface area contributed by atoms with Gasteiger partial charge in [-0.2, -0.15) is 5.01 Å². The van der Waals surface area contributed by atoms with Crippen LogP contribution in [0.25, 0.3) is 0 Å². The fraction of sp³-hybridized carbons (Fsp3) is 0.280. The molecule has 11 nitrogen and oxygen atoms in total. The summed E-state index contributed by atoms with van der Waals surface area (Å²) >= 11 is 0. The Morgan fingerprint density at radius 3 is 2.16 bits per heavy atom. The van der Waals surface area contributed by atoms with Crippen molar-refractivity contribution in [3.8, 4) is 11.5 Å². The molecule has 4 amide bonds. The molecule has 0 bridgehead atoms. The van der Waals surface area contributed by atoms with Gasteiger partial charge in [0.05, 0.1) is 47.8 Å². The molecule has 0 radical (unpaired) electrons. The predicted molar refractivity (Wildman–Crippen MR) is 230 cm³/mol. The molecule has 0 aromatic heterocycles. The molecule has 5 aromatic rings. The summed E-state index contributed by atoms with van der Waals surface area (Å²) < 4.78 is 11.6. The predicted octanol–water partition coefficient (Wildman–Crippen LogP) is 7.31. The Hall–Kier alpha value is -6.72. The Balaban J connectivity index is 1.07. The van der Waals surface area contributed by atoms with Crippen LogP contribution >= 0.6 is 0 Å². The number of hydrogen-bond acceptors (Lipinski definition) is 9. The number of phenolic OH excluding ortho intramolecular Hbond substituents is 1. The van der Waals surface area contributed by atoms with Gasteiger partial charge in [0, 0.05) is 36.3 Å². The van der Waals surface area contributed by atoms with Gasteiger partial charge in [0.1, 0.15) is 18.1 Å². The maximum Gasteiger partial charge on any atom is 0.260 e. The van der Waals surface area contributed by atoms with Crippen molar-refractivity contribution in [1.29, 1.82) is 0 Å². The third-order valence-corrected chi connectivity index (χ3v) is 13.4. The van der Waals surface area contributed by atoms with E-state index in [1.54, 1.807) is 18.2 Å². The quantitative estimate of drug-likeness (QED) is 0.116. The van der Waals surface area contributed by atoms with Gasteiger partial charge in [-0.15, -0.1) is 0 Å². The minimum Gasteiger partial charge on any atom is -0.508 e. The fourth-order valence-electron chi connectivity index (χ4n) is 10.6. The molecule has 5 aliphatic rings. The Morgan fingerprint density at radius 1 is 0.770 bits per heavy atom. The second-order valence-electron chi connectivity index (χ2n) is 16.7. The summed E-state index contributed by atoms with van der Waals surface area (Å²) in [5.74, 6) is -5.01. The number of hydrazine groups is 1. The van der Waals surface area contributed by atoms with Crippen LogP contribution in [-0.4, -0.2) is 60.0 Å². The van der Waals surface area contributed by atoms with Crippen LogP contribution in [0.15, 0.2) is 139 Å². The highest BCUT2D eigenvalue weighted by molar-refractivity contribution is 6.22. The lowest BCUT2D eigenvalue weighted by Gasteiger charge is -2.50. The molecular formula is C50H46N4O7. The average Bonchev–Trinajstić information content (AvgIpc) is 3.68. The number of hydrogen-bond donors (Lipinski definition) is 2. The first-order valence-electron chi connectivity index (χ1n) is 21.0. The number of carbonyl (C=O) groups excluding carboxylic acids is 4. The zero-order valence-electron chi connectivity index (χ0n) is 33.8. The van der Waals surface area contributed by atoms with Crippen molar-refractivity contribution in [2.24, 2.45) is 23.7 Å². The zero-order valence-corrected chi connectivity index (χ0v) is 33.8. The highest BCUT2D eigenvalue weighted by Gasteiger charge is 2.70. The standard InChI is InChI=1S/C50H46N4O7/c1-31-12-14-34(15-13-31)51-54-47(57)42-29-41-38(22-23-40-44(41)48(58)53(46(40)56)36-18-16-35(17-19-36)52-24-26-60-27-25-52)45(50(42,49(54)59)33-10-6-3-7-11-33)39-21-20-37(28-43(39)55)61-30-32-8-4-2-5-9-32/h2-22,28,40-42,44-45,51,55H,23-27,29-30H2,1H3/t40-,41+,42-,44-,45+,50+/m0/s1. The third kappa shape index (κ3) is 6.37. The third-order valence-electron chi connectivity index (χ3n) is 13.4. The topological polar surface area (TPSA) is 129 Å². The number of benzene rings is 5. The average molecular weight is 815 g/mol. The zero-order chi connectivity index (χ0) is 41.8. The number of rotatable bonds is 9. The highest BCUT2D eigenvalue weighted by Crippen LogP contribution is 2.65. The van der Waals surface area contributed by atoms with Crippen molar-refractivity contribution in [1.82, 2.24) is 5.01 Å². The Kier molecular flexibility index (Phi) is 9.71. The van der Waals surface area contributed by atoms with Crippen LogP contribution in [0.4, 0.5) is 17.1 Å². The fourth-order valence-corrected chi connectivity index (χ4v) is 10.6. The number of carbonyl (C=O) groups is 4. The number of anilines is 3. The van der Waals surface area contributed by atoms with Gasteiger partial charge in [-0.1, -0.05) is 96.1 Å². The van der Waals surface area contributed by atoms with Gasteiger partial charge in [-0.3, -0.25) is 29.5 Å². The molecular weight excluding hydrogens is 769 g/mol. The van der Waals surface area contributed by atoms with Gasteiger partial charge in [-0.05, 0) is 79.3 Å². The molecule has 3 saturated heterocycles. The lowest BCUT2D eigenvalue weighted by molar-refractivity contribution is -0.138. The SMILES string of the molecule is Cc1ccc(NN2C(=O)[C@@H]3C[C@@H]4C(=CC[C@@H]5C(=O)N(c6ccc(N7CCOCC7)cc6)C(=O)[C@@H]54)[C@H](c4ccc(OCc5ccccc5)cc4O)[C@]3(c3ccccc3)C2=O)cc1. The molecule has 308 valence electrons. The molecule has 3 aliphatic heterocycles. The number of phenols is 1. The monoisotopic (exact) mass is 814 g/mol. The maximum absolute atomic E-state index is 15.5. The van der Waals surface area contributed by atoms with Crippen LogP contribution in [0.3, 0.4) is 0 Å². The van der Waals surface area contributed by atoms with E-state index >= 15 is 9.59 Å². The van der Waals surface area contributed by atoms with E-state index in [0.717, 1.165) is 40.5 Å². The first kappa shape index (κ1) is 38.5. The van der Waals surface area contributed by atoms with E-state index in [1.807, 2.05) is 122 Å². The molecule has 0 spiro atoms. The maximum atomic E-state index is 15.5. The van der Waals surface area contributed by atoms with Gasteiger partial charge in [0.25, 0.3) is 11.8 Å². The van der Waals surface area contributed by atoms with E-state index in [0.29, 0.717) is 41.5 Å². The summed E-state index contributed by atoms with van der Waals surface area (Å²) in [7, 11) is 0. The van der Waals surface area contributed by atoms with E-state index < -0.39 is 46.8 Å². The molecule has 2 N–H and O–H groups in total. The Bertz CT molecular complexity index is 2540. The van der Waals surface area contributed by atoms with Crippen LogP contribution < -0.4 is 20.0 Å². The first-order chi connectivity index (χ1) is 29.7. The van der Waals surface area contributed by atoms with E-state index in [2.05, 4.69) is 10.3 Å². The van der Waals surface area contributed by atoms with Crippen LogP contribution in [0.2, 0.25) is 0 Å². The van der Waals surface area contributed by atoms with Gasteiger partial charge >= 0.3 is 0 Å². The molecule has 61 heavy (non-hydrogen) atoms. The van der Waals surface area contributed by atoms with Crippen LogP contribution in [0.1, 0.15) is 41.0 Å². The van der Waals surface area contributed by atoms with Crippen molar-refractivity contribution >= 4 is 40.7 Å². The minimum absolute atomic E-state index is 0.103. The number of allylic oxidation sites excluding steroid dienone is 2. The molecule has 3 heterocycles. The smallest absolute Gasteiger partial charge is 0.260 e. The summed E-state index contributed by atoms with van der Waals surface area (Å²) in [5, 5.41) is 13.2. The Labute approximate surface area is 354 Å². The number of nitrogens with one attached hydrogen (secondary N) is 1. The number of ether oxygens (including phenoxy) is 2. The van der Waals surface area contributed by atoms with Gasteiger partial charge in [-0.25, -0.2) is 0 Å². The molecule has 0 unspecified atom stereocenters. The van der Waals surface area contributed by atoms with E-state index in [-0.39, 0.29) is 37.0 Å². The summed E-state index contributed by atoms with van der Waals surface area (Å²) in [6.45, 7) is 5.03. The highest BCUT2D eigenvalue weighted by atomic mass is 16.5. The van der Waals surface area contributed by atoms with E-state index in [4.69, 9.17) is 9.47 Å². The number of imide groups is 2. The van der Waals surface area contributed by atoms with Crippen molar-refractivity contribution in [2.45, 2.75) is 37.7 Å². The minimum atomic E-state index is -1.52. The molecule has 10 rings (SSSR count). The van der Waals surface area contributed by atoms with Crippen molar-refractivity contribution in [2.75, 3.05) is 41.5 Å². The molecule has 4 fully saturated rings. The summed E-state index contributed by atoms with van der Waals surface area (Å²) in [6, 6.07) is 39.1. The number of amides is 4. The normalized spacial score (nSPS) is 25.8. The van der Waals surface area contributed by atoms with Crippen molar-refractivity contribution < 1.29 is 33.8 Å². The van der Waals surface area contributed by atoms with Crippen molar-refractivity contribution in [3.63, 3.8) is 0 Å². The largest absolute Gasteiger partial charge is 0.508 e. The van der Waals surface area contributed by atoms with E-state index in [1.165, 1.54) is 4.90 Å². The number of aryl methyl sites for hydroxylation is 1. The van der Waals surface area contributed by atoms with Crippen molar-refractivity contribution in [3.05, 3.63) is 161 Å². The van der Waals surface area contributed by atoms with Crippen LogP contribution in [0, 0.1) is 30.6 Å². The summed E-state index contributed by atoms with van der Waals surface area (Å²) in [6.07, 6.45) is 2.42. The molecule has 11 heteroatoms. The van der Waals surface area contributed by atoms with Crippen LogP contribution in [0.5, 0.6) is 11.5 Å². The second-order valence-corrected chi connectivity index (χ2v) is 16.7. The molecule has 6 atom stereocenters. The lowest BCUT2D eigenvalue weighted by atomic mass is 9.49. The number of nitrogens with zero attached hydrogens (tertiary/aromatic N) is 3. The van der Waals surface area contributed by atoms with Gasteiger partial charge in [0.2, 0.25) is 11.8 Å². The van der Waals surface area contributed by atoms with Crippen LogP contribution in [-0.2, 0) is 35.9 Å². The summed E-state index contributed by atoms with van der Waals surface area (Å²) in [4.78, 5) is 63.4.